The van der Waals surface area contributed by atoms with Gasteiger partial charge in [-0.25, -0.2) is 4.79 Å². The second kappa shape index (κ2) is 3.96. The van der Waals surface area contributed by atoms with Crippen LogP contribution < -0.4 is 10.6 Å². The first-order chi connectivity index (χ1) is 5.99. The average molecular weight is 186 g/mol. The van der Waals surface area contributed by atoms with Gasteiger partial charge in [-0.3, -0.25) is 0 Å². The van der Waals surface area contributed by atoms with Gasteiger partial charge in [-0.15, -0.1) is 0 Å². The Kier molecular flexibility index (Phi) is 3.14. The van der Waals surface area contributed by atoms with Crippen molar-refractivity contribution in [1.29, 1.82) is 0 Å². The SMILES string of the molecule is CC(C)(C[C@H]1CCNC1)NC(=O)O. The Morgan fingerprint density at radius 2 is 2.38 bits per heavy atom. The van der Waals surface area contributed by atoms with Crippen LogP contribution in [-0.2, 0) is 0 Å². The van der Waals surface area contributed by atoms with E-state index < -0.39 is 6.09 Å². The molecule has 0 aliphatic carbocycles. The lowest BCUT2D eigenvalue weighted by molar-refractivity contribution is 0.177. The van der Waals surface area contributed by atoms with E-state index in [2.05, 4.69) is 10.6 Å². The monoisotopic (exact) mass is 186 g/mol. The maximum absolute atomic E-state index is 10.5. The van der Waals surface area contributed by atoms with Crippen molar-refractivity contribution in [2.24, 2.45) is 5.92 Å². The first kappa shape index (κ1) is 10.3. The number of carboxylic acid groups (broad SMARTS) is 1. The first-order valence-electron chi connectivity index (χ1n) is 4.71. The van der Waals surface area contributed by atoms with Crippen molar-refractivity contribution in [2.45, 2.75) is 32.2 Å². The predicted octanol–water partition coefficient (Wildman–Crippen LogP) is 1.03. The molecule has 0 bridgehead atoms. The molecule has 3 N–H and O–H groups in total. The van der Waals surface area contributed by atoms with Gasteiger partial charge in [-0.2, -0.15) is 0 Å². The van der Waals surface area contributed by atoms with E-state index in [9.17, 15) is 4.79 Å². The molecule has 0 unspecified atom stereocenters. The van der Waals surface area contributed by atoms with Crippen LogP contribution in [-0.4, -0.2) is 29.8 Å². The number of nitrogens with one attached hydrogen (secondary N) is 2. The van der Waals surface area contributed by atoms with Crippen LogP contribution in [0.5, 0.6) is 0 Å². The summed E-state index contributed by atoms with van der Waals surface area (Å²) in [4.78, 5) is 10.5. The van der Waals surface area contributed by atoms with Gasteiger partial charge < -0.3 is 15.7 Å². The van der Waals surface area contributed by atoms with E-state index in [4.69, 9.17) is 5.11 Å². The molecule has 1 rings (SSSR count). The minimum absolute atomic E-state index is 0.303. The number of hydrogen-bond acceptors (Lipinski definition) is 2. The fourth-order valence-electron chi connectivity index (χ4n) is 1.95. The molecule has 4 heteroatoms. The van der Waals surface area contributed by atoms with Crippen molar-refractivity contribution < 1.29 is 9.90 Å². The third-order valence-electron chi connectivity index (χ3n) is 2.41. The van der Waals surface area contributed by atoms with Gasteiger partial charge in [0, 0.05) is 5.54 Å². The van der Waals surface area contributed by atoms with Crippen LogP contribution in [0.4, 0.5) is 4.79 Å². The molecule has 1 heterocycles. The quantitative estimate of drug-likeness (QED) is 0.617. The van der Waals surface area contributed by atoms with Crippen LogP contribution >= 0.6 is 0 Å². The fraction of sp³-hybridized carbons (Fsp3) is 0.889. The summed E-state index contributed by atoms with van der Waals surface area (Å²) in [7, 11) is 0. The van der Waals surface area contributed by atoms with Crippen LogP contribution in [0, 0.1) is 5.92 Å². The summed E-state index contributed by atoms with van der Waals surface area (Å²) in [6.07, 6.45) is 1.13. The lowest BCUT2D eigenvalue weighted by Gasteiger charge is -2.27. The highest BCUT2D eigenvalue weighted by atomic mass is 16.4. The molecule has 4 nitrogen and oxygen atoms in total. The maximum atomic E-state index is 10.5. The van der Waals surface area contributed by atoms with E-state index >= 15 is 0 Å². The van der Waals surface area contributed by atoms with Gasteiger partial charge in [0.05, 0.1) is 0 Å². The Bertz CT molecular complexity index is 186. The Labute approximate surface area is 78.7 Å². The van der Waals surface area contributed by atoms with Crippen molar-refractivity contribution in [1.82, 2.24) is 10.6 Å². The molecular formula is C9H18N2O2. The van der Waals surface area contributed by atoms with E-state index in [0.717, 1.165) is 25.9 Å². The molecule has 13 heavy (non-hydrogen) atoms. The predicted molar refractivity (Wildman–Crippen MR) is 50.8 cm³/mol. The molecule has 0 aromatic heterocycles. The van der Waals surface area contributed by atoms with Gasteiger partial charge in [0.25, 0.3) is 0 Å². The molecule has 1 aliphatic heterocycles. The summed E-state index contributed by atoms with van der Waals surface area (Å²) in [6, 6.07) is 0. The van der Waals surface area contributed by atoms with E-state index in [0.29, 0.717) is 5.92 Å². The minimum atomic E-state index is -0.934. The third kappa shape index (κ3) is 3.63. The van der Waals surface area contributed by atoms with Crippen molar-refractivity contribution in [3.05, 3.63) is 0 Å². The summed E-state index contributed by atoms with van der Waals surface area (Å²) in [5.41, 5.74) is -0.303. The summed E-state index contributed by atoms with van der Waals surface area (Å²) in [5.74, 6) is 0.613. The van der Waals surface area contributed by atoms with Crippen LogP contribution in [0.25, 0.3) is 0 Å². The second-order valence-corrected chi connectivity index (χ2v) is 4.38. The topological polar surface area (TPSA) is 61.4 Å². The van der Waals surface area contributed by atoms with Gasteiger partial charge in [0.15, 0.2) is 0 Å². The van der Waals surface area contributed by atoms with Crippen LogP contribution in [0.3, 0.4) is 0 Å². The van der Waals surface area contributed by atoms with E-state index in [1.54, 1.807) is 0 Å². The molecule has 76 valence electrons. The zero-order chi connectivity index (χ0) is 9.90. The molecule has 1 atom stereocenters. The van der Waals surface area contributed by atoms with Crippen LogP contribution in [0.2, 0.25) is 0 Å². The first-order valence-corrected chi connectivity index (χ1v) is 4.71. The highest BCUT2D eigenvalue weighted by Crippen LogP contribution is 2.21. The number of rotatable bonds is 3. The van der Waals surface area contributed by atoms with Crippen molar-refractivity contribution in [3.63, 3.8) is 0 Å². The highest BCUT2D eigenvalue weighted by molar-refractivity contribution is 5.65. The second-order valence-electron chi connectivity index (χ2n) is 4.38. The zero-order valence-corrected chi connectivity index (χ0v) is 8.26. The maximum Gasteiger partial charge on any atom is 0.405 e. The van der Waals surface area contributed by atoms with Crippen LogP contribution in [0.1, 0.15) is 26.7 Å². The molecule has 0 aromatic carbocycles. The molecule has 0 aromatic rings. The molecule has 1 amide bonds. The van der Waals surface area contributed by atoms with Gasteiger partial charge in [-0.05, 0) is 45.7 Å². The highest BCUT2D eigenvalue weighted by Gasteiger charge is 2.26. The zero-order valence-electron chi connectivity index (χ0n) is 8.26. The Hall–Kier alpha value is -0.770. The standard InChI is InChI=1S/C9H18N2O2/c1-9(2,11-8(12)13)5-7-3-4-10-6-7/h7,10-11H,3-6H2,1-2H3,(H,12,13)/t7-/m1/s1. The molecular weight excluding hydrogens is 168 g/mol. The van der Waals surface area contributed by atoms with Gasteiger partial charge in [0.1, 0.15) is 0 Å². The molecule has 1 aliphatic rings. The van der Waals surface area contributed by atoms with Gasteiger partial charge in [-0.1, -0.05) is 0 Å². The molecule has 0 saturated carbocycles. The van der Waals surface area contributed by atoms with Crippen molar-refractivity contribution in [2.75, 3.05) is 13.1 Å². The molecule has 1 saturated heterocycles. The largest absolute Gasteiger partial charge is 0.465 e. The summed E-state index contributed by atoms with van der Waals surface area (Å²) in [6.45, 7) is 5.94. The smallest absolute Gasteiger partial charge is 0.405 e. The van der Waals surface area contributed by atoms with E-state index in [-0.39, 0.29) is 5.54 Å². The molecule has 1 fully saturated rings. The Morgan fingerprint density at radius 1 is 1.69 bits per heavy atom. The summed E-state index contributed by atoms with van der Waals surface area (Å²) >= 11 is 0. The normalized spacial score (nSPS) is 23.1. The molecule has 0 radical (unpaired) electrons. The number of carbonyl (C=O) groups is 1. The lowest BCUT2D eigenvalue weighted by atomic mass is 9.90. The Morgan fingerprint density at radius 3 is 2.85 bits per heavy atom. The number of amides is 1. The van der Waals surface area contributed by atoms with Crippen molar-refractivity contribution in [3.8, 4) is 0 Å². The van der Waals surface area contributed by atoms with E-state index in [1.165, 1.54) is 0 Å². The number of hydrogen-bond donors (Lipinski definition) is 3. The van der Waals surface area contributed by atoms with Crippen molar-refractivity contribution >= 4 is 6.09 Å². The third-order valence-corrected chi connectivity index (χ3v) is 2.41. The molecule has 0 spiro atoms. The minimum Gasteiger partial charge on any atom is -0.465 e. The van der Waals surface area contributed by atoms with Gasteiger partial charge in [0.2, 0.25) is 0 Å². The lowest BCUT2D eigenvalue weighted by Crippen LogP contribution is -2.44. The van der Waals surface area contributed by atoms with Gasteiger partial charge >= 0.3 is 6.09 Å². The average Bonchev–Trinajstić information content (AvgIpc) is 2.34. The summed E-state index contributed by atoms with van der Waals surface area (Å²) in [5, 5.41) is 14.4. The van der Waals surface area contributed by atoms with E-state index in [1.807, 2.05) is 13.8 Å². The van der Waals surface area contributed by atoms with Crippen LogP contribution in [0.15, 0.2) is 0 Å². The fourth-order valence-corrected chi connectivity index (χ4v) is 1.95. The summed E-state index contributed by atoms with van der Waals surface area (Å²) < 4.78 is 0. The Balaban J connectivity index is 2.35.